The average Bonchev–Trinajstić information content (AvgIpc) is 3.27. The van der Waals surface area contributed by atoms with Crippen molar-refractivity contribution in [3.63, 3.8) is 0 Å². The second-order valence-electron chi connectivity index (χ2n) is 6.65. The molecular weight excluding hydrogens is 368 g/mol. The molecule has 0 unspecified atom stereocenters. The lowest BCUT2D eigenvalue weighted by Gasteiger charge is -2.19. The largest absolute Gasteiger partial charge is 0.355 e. The fraction of sp³-hybridized carbons (Fsp3) is 0.217. The summed E-state index contributed by atoms with van der Waals surface area (Å²) in [5, 5.41) is 4.81. The highest BCUT2D eigenvalue weighted by atomic mass is 32.1. The van der Waals surface area contributed by atoms with Crippen LogP contribution < -0.4 is 5.32 Å². The fourth-order valence-electron chi connectivity index (χ4n) is 3.18. The van der Waals surface area contributed by atoms with Gasteiger partial charge in [0.15, 0.2) is 0 Å². The van der Waals surface area contributed by atoms with Crippen molar-refractivity contribution >= 4 is 23.2 Å². The molecule has 1 N–H and O–H groups in total. The van der Waals surface area contributed by atoms with Crippen LogP contribution in [0.25, 0.3) is 0 Å². The van der Waals surface area contributed by atoms with E-state index in [0.717, 1.165) is 6.42 Å². The molecule has 0 fully saturated rings. The number of hydrogen-bond donors (Lipinski definition) is 1. The number of amides is 2. The van der Waals surface area contributed by atoms with Crippen LogP contribution in [0.1, 0.15) is 33.1 Å². The summed E-state index contributed by atoms with van der Waals surface area (Å²) < 4.78 is 0. The van der Waals surface area contributed by atoms with Gasteiger partial charge >= 0.3 is 0 Å². The number of thiophene rings is 1. The molecule has 28 heavy (non-hydrogen) atoms. The van der Waals surface area contributed by atoms with Crippen molar-refractivity contribution in [2.45, 2.75) is 12.3 Å². The lowest BCUT2D eigenvalue weighted by atomic mass is 9.88. The minimum absolute atomic E-state index is 0.0536. The molecule has 2 amide bonds. The first-order chi connectivity index (χ1) is 13.6. The number of likely N-dealkylation sites (N-methyl/N-ethyl adjacent to an activating group) is 1. The number of hydrogen-bond acceptors (Lipinski definition) is 3. The van der Waals surface area contributed by atoms with E-state index in [-0.39, 0.29) is 24.3 Å². The topological polar surface area (TPSA) is 49.4 Å². The average molecular weight is 393 g/mol. The molecule has 1 aromatic heterocycles. The number of nitrogens with one attached hydrogen (secondary N) is 1. The third kappa shape index (κ3) is 5.30. The van der Waals surface area contributed by atoms with E-state index < -0.39 is 0 Å². The Hall–Kier alpha value is -2.92. The summed E-state index contributed by atoms with van der Waals surface area (Å²) in [6.07, 6.45) is 0.794. The molecule has 5 heteroatoms. The third-order valence-electron chi connectivity index (χ3n) is 4.62. The van der Waals surface area contributed by atoms with Crippen molar-refractivity contribution in [1.82, 2.24) is 10.2 Å². The molecule has 3 aromatic rings. The zero-order valence-corrected chi connectivity index (χ0v) is 16.7. The SMILES string of the molecule is CN(CC(=O)NCCC(c1ccccc1)c1ccccc1)C(=O)c1cccs1. The van der Waals surface area contributed by atoms with E-state index in [1.807, 2.05) is 47.8 Å². The van der Waals surface area contributed by atoms with Crippen LogP contribution in [-0.4, -0.2) is 36.9 Å². The van der Waals surface area contributed by atoms with Crippen LogP contribution in [0.3, 0.4) is 0 Å². The van der Waals surface area contributed by atoms with E-state index in [4.69, 9.17) is 0 Å². The predicted octanol–water partition coefficient (Wildman–Crippen LogP) is 4.16. The van der Waals surface area contributed by atoms with Gasteiger partial charge in [-0.15, -0.1) is 11.3 Å². The second kappa shape index (κ2) is 9.85. The van der Waals surface area contributed by atoms with Gasteiger partial charge in [-0.3, -0.25) is 9.59 Å². The van der Waals surface area contributed by atoms with Crippen LogP contribution in [0.15, 0.2) is 78.2 Å². The third-order valence-corrected chi connectivity index (χ3v) is 5.48. The molecule has 4 nitrogen and oxygen atoms in total. The fourth-order valence-corrected chi connectivity index (χ4v) is 3.90. The van der Waals surface area contributed by atoms with Crippen LogP contribution in [0.4, 0.5) is 0 Å². The first kappa shape index (κ1) is 19.8. The Bertz CT molecular complexity index is 840. The molecule has 0 aliphatic rings. The Kier molecular flexibility index (Phi) is 6.98. The summed E-state index contributed by atoms with van der Waals surface area (Å²) in [5.41, 5.74) is 2.46. The van der Waals surface area contributed by atoms with Gasteiger partial charge in [-0.2, -0.15) is 0 Å². The quantitative estimate of drug-likeness (QED) is 0.626. The normalized spacial score (nSPS) is 10.6. The molecule has 0 aliphatic carbocycles. The number of carbonyl (C=O) groups is 2. The first-order valence-electron chi connectivity index (χ1n) is 9.30. The Labute approximate surface area is 169 Å². The van der Waals surface area contributed by atoms with Crippen LogP contribution in [0.5, 0.6) is 0 Å². The summed E-state index contributed by atoms with van der Waals surface area (Å²) in [6.45, 7) is 0.604. The summed E-state index contributed by atoms with van der Waals surface area (Å²) in [4.78, 5) is 26.6. The lowest BCUT2D eigenvalue weighted by Crippen LogP contribution is -2.38. The van der Waals surface area contributed by atoms with Crippen LogP contribution in [-0.2, 0) is 4.79 Å². The van der Waals surface area contributed by atoms with E-state index in [9.17, 15) is 9.59 Å². The molecule has 144 valence electrons. The zero-order chi connectivity index (χ0) is 19.8. The van der Waals surface area contributed by atoms with E-state index >= 15 is 0 Å². The van der Waals surface area contributed by atoms with Crippen LogP contribution >= 0.6 is 11.3 Å². The maximum atomic E-state index is 12.3. The highest BCUT2D eigenvalue weighted by Gasteiger charge is 2.17. The van der Waals surface area contributed by atoms with Gasteiger partial charge in [0.25, 0.3) is 5.91 Å². The molecule has 0 spiro atoms. The summed E-state index contributed by atoms with van der Waals surface area (Å²) in [5.74, 6) is -0.0583. The molecular formula is C23H24N2O2S. The lowest BCUT2D eigenvalue weighted by molar-refractivity contribution is -0.121. The maximum Gasteiger partial charge on any atom is 0.264 e. The van der Waals surface area contributed by atoms with Gasteiger partial charge in [0.1, 0.15) is 0 Å². The highest BCUT2D eigenvalue weighted by Crippen LogP contribution is 2.27. The van der Waals surface area contributed by atoms with Gasteiger partial charge in [0.05, 0.1) is 11.4 Å². The molecule has 0 bridgehead atoms. The molecule has 0 radical (unpaired) electrons. The van der Waals surface area contributed by atoms with Crippen molar-refractivity contribution in [1.29, 1.82) is 0 Å². The van der Waals surface area contributed by atoms with Gasteiger partial charge in [-0.05, 0) is 29.0 Å². The number of carbonyl (C=O) groups excluding carboxylic acids is 2. The van der Waals surface area contributed by atoms with Gasteiger partial charge in [-0.25, -0.2) is 0 Å². The maximum absolute atomic E-state index is 12.3. The monoisotopic (exact) mass is 392 g/mol. The summed E-state index contributed by atoms with van der Waals surface area (Å²) in [7, 11) is 1.65. The predicted molar refractivity (Wildman–Crippen MR) is 114 cm³/mol. The minimum atomic E-state index is -0.146. The Morgan fingerprint density at radius 1 is 0.929 bits per heavy atom. The first-order valence-corrected chi connectivity index (χ1v) is 10.2. The van der Waals surface area contributed by atoms with Gasteiger partial charge in [0, 0.05) is 19.5 Å². The molecule has 3 rings (SSSR count). The molecule has 0 saturated carbocycles. The van der Waals surface area contributed by atoms with Crippen molar-refractivity contribution in [3.8, 4) is 0 Å². The standard InChI is InChI=1S/C23H24N2O2S/c1-25(23(27)21-13-8-16-28-21)17-22(26)24-15-14-20(18-9-4-2-5-10-18)19-11-6-3-7-12-19/h2-13,16,20H,14-15,17H2,1H3,(H,24,26). The van der Waals surface area contributed by atoms with Crippen LogP contribution in [0.2, 0.25) is 0 Å². The molecule has 2 aromatic carbocycles. The number of nitrogens with zero attached hydrogens (tertiary/aromatic N) is 1. The van der Waals surface area contributed by atoms with Crippen molar-refractivity contribution in [3.05, 3.63) is 94.2 Å². The highest BCUT2D eigenvalue weighted by molar-refractivity contribution is 7.12. The molecule has 0 aliphatic heterocycles. The molecule has 1 heterocycles. The second-order valence-corrected chi connectivity index (χ2v) is 7.60. The van der Waals surface area contributed by atoms with E-state index in [1.165, 1.54) is 27.4 Å². The summed E-state index contributed by atoms with van der Waals surface area (Å²) in [6, 6.07) is 24.2. The van der Waals surface area contributed by atoms with Gasteiger partial charge in [-0.1, -0.05) is 66.7 Å². The smallest absolute Gasteiger partial charge is 0.264 e. The Morgan fingerprint density at radius 3 is 2.07 bits per heavy atom. The Morgan fingerprint density at radius 2 is 1.54 bits per heavy atom. The number of rotatable bonds is 8. The van der Waals surface area contributed by atoms with Gasteiger partial charge in [0.2, 0.25) is 5.91 Å². The number of benzene rings is 2. The minimum Gasteiger partial charge on any atom is -0.355 e. The molecule has 0 saturated heterocycles. The van der Waals surface area contributed by atoms with Crippen LogP contribution in [0, 0.1) is 0 Å². The zero-order valence-electron chi connectivity index (χ0n) is 15.9. The van der Waals surface area contributed by atoms with Crippen molar-refractivity contribution in [2.24, 2.45) is 0 Å². The Balaban J connectivity index is 1.55. The van der Waals surface area contributed by atoms with Gasteiger partial charge < -0.3 is 10.2 Å². The van der Waals surface area contributed by atoms with E-state index in [1.54, 1.807) is 13.1 Å². The van der Waals surface area contributed by atoms with E-state index in [0.29, 0.717) is 11.4 Å². The summed E-state index contributed by atoms with van der Waals surface area (Å²) >= 11 is 1.38. The van der Waals surface area contributed by atoms with Crippen molar-refractivity contribution in [2.75, 3.05) is 20.1 Å². The van der Waals surface area contributed by atoms with E-state index in [2.05, 4.69) is 29.6 Å². The van der Waals surface area contributed by atoms with Crippen molar-refractivity contribution < 1.29 is 9.59 Å². The molecule has 0 atom stereocenters.